The highest BCUT2D eigenvalue weighted by atomic mass is 32.2. The van der Waals surface area contributed by atoms with Crippen molar-refractivity contribution in [2.45, 2.75) is 25.3 Å². The highest BCUT2D eigenvalue weighted by molar-refractivity contribution is 7.91. The number of imidazole rings is 1. The van der Waals surface area contributed by atoms with Gasteiger partial charge >= 0.3 is 5.82 Å². The fourth-order valence-corrected chi connectivity index (χ4v) is 3.59. The van der Waals surface area contributed by atoms with Crippen LogP contribution in [-0.2, 0) is 26.4 Å². The second kappa shape index (κ2) is 7.62. The van der Waals surface area contributed by atoms with Gasteiger partial charge in [0.25, 0.3) is 0 Å². The number of nitro groups is 1. The van der Waals surface area contributed by atoms with Crippen molar-refractivity contribution in [1.82, 2.24) is 9.55 Å². The summed E-state index contributed by atoms with van der Waals surface area (Å²) in [6.45, 7) is 2.93. The Bertz CT molecular complexity index is 1060. The number of sulfone groups is 1. The van der Waals surface area contributed by atoms with E-state index in [0.29, 0.717) is 5.69 Å². The fourth-order valence-electron chi connectivity index (χ4n) is 2.33. The number of aryl methyl sites for hydroxylation is 1. The lowest BCUT2D eigenvalue weighted by Gasteiger charge is -2.06. The van der Waals surface area contributed by atoms with Gasteiger partial charge in [-0.05, 0) is 29.2 Å². The molecule has 0 fully saturated rings. The second-order valence-corrected chi connectivity index (χ2v) is 9.70. The number of nitrogens with one attached hydrogen (secondary N) is 1. The molecule has 1 heterocycles. The quantitative estimate of drug-likeness (QED) is 0.472. The lowest BCUT2D eigenvalue weighted by atomic mass is 10.3. The number of nitrogens with two attached hydrogens (primary N) is 1. The number of primary sulfonamides is 1. The van der Waals surface area contributed by atoms with Crippen LogP contribution < -0.4 is 10.5 Å². The average molecular weight is 417 g/mol. The molecule has 1 aromatic heterocycles. The third-order valence-corrected chi connectivity index (χ3v) is 6.43. The zero-order chi connectivity index (χ0) is 20.4. The molecule has 0 aliphatic rings. The van der Waals surface area contributed by atoms with Crippen molar-refractivity contribution in [3.05, 3.63) is 40.2 Å². The lowest BCUT2D eigenvalue weighted by Crippen LogP contribution is -2.16. The van der Waals surface area contributed by atoms with Crippen LogP contribution in [0.25, 0.3) is 0 Å². The van der Waals surface area contributed by atoms with Gasteiger partial charge in [0.15, 0.2) is 15.7 Å². The summed E-state index contributed by atoms with van der Waals surface area (Å²) in [4.78, 5) is 14.8. The van der Waals surface area contributed by atoms with Crippen LogP contribution in [0.15, 0.2) is 29.2 Å². The molecule has 148 valence electrons. The molecule has 0 aliphatic heterocycles. The Balaban J connectivity index is 2.35. The maximum Gasteiger partial charge on any atom is 0.367 e. The molecule has 13 heteroatoms. The van der Waals surface area contributed by atoms with Crippen LogP contribution in [0.3, 0.4) is 0 Å². The first-order valence-electron chi connectivity index (χ1n) is 7.76. The summed E-state index contributed by atoms with van der Waals surface area (Å²) in [5, 5.41) is 19.3. The van der Waals surface area contributed by atoms with Gasteiger partial charge in [0.2, 0.25) is 15.8 Å². The predicted molar refractivity (Wildman–Crippen MR) is 99.0 cm³/mol. The number of hydrogen-bond donors (Lipinski definition) is 2. The average Bonchev–Trinajstić information content (AvgIpc) is 2.88. The molecule has 0 spiro atoms. The Morgan fingerprint density at radius 1 is 1.22 bits per heavy atom. The second-order valence-electron chi connectivity index (χ2n) is 5.67. The van der Waals surface area contributed by atoms with Crippen molar-refractivity contribution >= 4 is 37.2 Å². The van der Waals surface area contributed by atoms with Crippen LogP contribution in [-0.4, -0.2) is 42.8 Å². The number of aromatic nitrogens is 2. The van der Waals surface area contributed by atoms with E-state index in [2.05, 4.69) is 10.3 Å². The molecule has 11 nitrogen and oxygen atoms in total. The molecule has 3 N–H and O–H groups in total. The molecular formula is C14H19N5O6S2. The van der Waals surface area contributed by atoms with Crippen LogP contribution >= 0.6 is 0 Å². The van der Waals surface area contributed by atoms with Gasteiger partial charge in [-0.1, -0.05) is 6.92 Å². The third-order valence-electron chi connectivity index (χ3n) is 3.82. The molecule has 27 heavy (non-hydrogen) atoms. The number of rotatable bonds is 8. The maximum atomic E-state index is 11.7. The minimum atomic E-state index is -3.85. The number of nitrogens with zero attached hydrogens (tertiary/aromatic N) is 3. The highest BCUT2D eigenvalue weighted by Gasteiger charge is 2.26. The van der Waals surface area contributed by atoms with Crippen molar-refractivity contribution < 1.29 is 21.8 Å². The standard InChI is InChI=1S/C14H19N5O6S2/c1-3-26(22,23)9-8-18-10(2)16-13(14(18)19(20)21)17-11-4-6-12(7-5-11)27(15,24)25/h4-7,17H,3,8-9H2,1-2H3,(H2,15,24,25). The zero-order valence-corrected chi connectivity index (χ0v) is 16.2. The van der Waals surface area contributed by atoms with E-state index in [9.17, 15) is 26.9 Å². The number of hydrogen-bond acceptors (Lipinski definition) is 8. The zero-order valence-electron chi connectivity index (χ0n) is 14.6. The lowest BCUT2D eigenvalue weighted by molar-refractivity contribution is -0.391. The van der Waals surface area contributed by atoms with Gasteiger partial charge in [-0.3, -0.25) is 0 Å². The monoisotopic (exact) mass is 417 g/mol. The van der Waals surface area contributed by atoms with Gasteiger partial charge in [-0.15, -0.1) is 0 Å². The van der Waals surface area contributed by atoms with Gasteiger partial charge in [-0.25, -0.2) is 26.5 Å². The minimum absolute atomic E-state index is 0.0595. The number of benzene rings is 1. The largest absolute Gasteiger partial charge is 0.367 e. The van der Waals surface area contributed by atoms with Gasteiger partial charge in [0, 0.05) is 18.4 Å². The van der Waals surface area contributed by atoms with Gasteiger partial charge in [0.1, 0.15) is 6.54 Å². The maximum absolute atomic E-state index is 11.7. The van der Waals surface area contributed by atoms with Crippen LogP contribution in [0.5, 0.6) is 0 Å². The van der Waals surface area contributed by atoms with Crippen molar-refractivity contribution in [2.24, 2.45) is 5.14 Å². The smallest absolute Gasteiger partial charge is 0.358 e. The molecule has 0 saturated heterocycles. The first-order chi connectivity index (χ1) is 12.4. The summed E-state index contributed by atoms with van der Waals surface area (Å²) in [6.07, 6.45) is 0. The van der Waals surface area contributed by atoms with Crippen LogP contribution in [0.4, 0.5) is 17.3 Å². The molecule has 0 bridgehead atoms. The molecule has 1 aromatic carbocycles. The molecule has 0 aliphatic carbocycles. The molecule has 0 amide bonds. The van der Waals surface area contributed by atoms with E-state index in [-0.39, 0.29) is 40.4 Å². The molecule has 2 aromatic rings. The van der Waals surface area contributed by atoms with E-state index in [1.807, 2.05) is 0 Å². The van der Waals surface area contributed by atoms with E-state index in [1.54, 1.807) is 0 Å². The molecular weight excluding hydrogens is 398 g/mol. The van der Waals surface area contributed by atoms with Crippen molar-refractivity contribution in [3.8, 4) is 0 Å². The molecule has 0 unspecified atom stereocenters. The summed E-state index contributed by atoms with van der Waals surface area (Å²) in [5.41, 5.74) is 0.358. The SMILES string of the molecule is CCS(=O)(=O)CCn1c(C)nc(Nc2ccc(S(N)(=O)=O)cc2)c1[N+](=O)[O-]. The summed E-state index contributed by atoms with van der Waals surface area (Å²) in [7, 11) is -7.16. The Kier molecular flexibility index (Phi) is 5.87. The Labute approximate surface area is 156 Å². The van der Waals surface area contributed by atoms with E-state index < -0.39 is 24.8 Å². The topological polar surface area (TPSA) is 167 Å². The molecule has 0 saturated carbocycles. The summed E-state index contributed by atoms with van der Waals surface area (Å²) >= 11 is 0. The number of sulfonamides is 1. The van der Waals surface area contributed by atoms with Gasteiger partial charge in [0.05, 0.1) is 10.6 Å². The summed E-state index contributed by atoms with van der Waals surface area (Å²) in [5.74, 6) is -0.485. The van der Waals surface area contributed by atoms with Gasteiger partial charge in [-0.2, -0.15) is 4.98 Å². The van der Waals surface area contributed by atoms with E-state index >= 15 is 0 Å². The van der Waals surface area contributed by atoms with E-state index in [0.717, 1.165) is 0 Å². The Morgan fingerprint density at radius 3 is 2.30 bits per heavy atom. The Hall–Kier alpha value is -2.51. The number of anilines is 2. The predicted octanol–water partition coefficient (Wildman–Crippen LogP) is 0.925. The fraction of sp³-hybridized carbons (Fsp3) is 0.357. The normalized spacial score (nSPS) is 12.1. The first kappa shape index (κ1) is 20.8. The van der Waals surface area contributed by atoms with E-state index in [4.69, 9.17) is 5.14 Å². The first-order valence-corrected chi connectivity index (χ1v) is 11.1. The molecule has 0 radical (unpaired) electrons. The highest BCUT2D eigenvalue weighted by Crippen LogP contribution is 2.29. The summed E-state index contributed by atoms with van der Waals surface area (Å²) in [6, 6.07) is 5.28. The Morgan fingerprint density at radius 2 is 1.81 bits per heavy atom. The van der Waals surface area contributed by atoms with Gasteiger partial charge < -0.3 is 15.4 Å². The van der Waals surface area contributed by atoms with E-state index in [1.165, 1.54) is 42.7 Å². The molecule has 2 rings (SSSR count). The van der Waals surface area contributed by atoms with Crippen molar-refractivity contribution in [3.63, 3.8) is 0 Å². The van der Waals surface area contributed by atoms with Crippen LogP contribution in [0.1, 0.15) is 12.7 Å². The molecule has 0 atom stereocenters. The minimum Gasteiger partial charge on any atom is -0.358 e. The van der Waals surface area contributed by atoms with Crippen LogP contribution in [0, 0.1) is 17.0 Å². The van der Waals surface area contributed by atoms with Crippen molar-refractivity contribution in [1.29, 1.82) is 0 Å². The summed E-state index contributed by atoms with van der Waals surface area (Å²) < 4.78 is 47.2. The van der Waals surface area contributed by atoms with Crippen LogP contribution in [0.2, 0.25) is 0 Å². The third kappa shape index (κ3) is 5.02. The van der Waals surface area contributed by atoms with Crippen molar-refractivity contribution in [2.75, 3.05) is 16.8 Å².